The van der Waals surface area contributed by atoms with Crippen LogP contribution in [0.4, 0.5) is 11.6 Å². The Morgan fingerprint density at radius 2 is 2.47 bits per heavy atom. The summed E-state index contributed by atoms with van der Waals surface area (Å²) in [5, 5.41) is 7.21. The Morgan fingerprint density at radius 3 is 3.27 bits per heavy atom. The van der Waals surface area contributed by atoms with Crippen LogP contribution < -0.4 is 11.1 Å². The fourth-order valence-electron chi connectivity index (χ4n) is 1.35. The lowest BCUT2D eigenvalue weighted by Crippen LogP contribution is -2.08. The number of nitrogen functional groups attached to an aromatic ring is 1. The standard InChI is InChI=1S/C9H13N5O/c1-15-6-4-11-7-3-2-5-14-8(7)12-9(10)13-14/h2-3,5,11H,4,6H2,1H3,(H2,10,13). The van der Waals surface area contributed by atoms with Gasteiger partial charge in [-0.25, -0.2) is 4.52 Å². The highest BCUT2D eigenvalue weighted by molar-refractivity contribution is 5.67. The van der Waals surface area contributed by atoms with Crippen LogP contribution in [-0.2, 0) is 4.74 Å². The molecule has 0 saturated carbocycles. The summed E-state index contributed by atoms with van der Waals surface area (Å²) >= 11 is 0. The van der Waals surface area contributed by atoms with E-state index in [4.69, 9.17) is 10.5 Å². The first kappa shape index (κ1) is 9.72. The third kappa shape index (κ3) is 1.99. The average Bonchev–Trinajstić information content (AvgIpc) is 2.59. The molecule has 6 heteroatoms. The zero-order chi connectivity index (χ0) is 10.7. The Labute approximate surface area is 87.1 Å². The second-order valence-electron chi connectivity index (χ2n) is 3.08. The third-order valence-corrected chi connectivity index (χ3v) is 2.00. The van der Waals surface area contributed by atoms with Gasteiger partial charge in [0, 0.05) is 19.9 Å². The molecule has 80 valence electrons. The van der Waals surface area contributed by atoms with Crippen molar-refractivity contribution in [2.75, 3.05) is 31.3 Å². The van der Waals surface area contributed by atoms with Gasteiger partial charge in [-0.05, 0) is 12.1 Å². The molecule has 0 atom stereocenters. The van der Waals surface area contributed by atoms with Crippen LogP contribution in [0.25, 0.3) is 5.65 Å². The van der Waals surface area contributed by atoms with Crippen LogP contribution in [0.15, 0.2) is 18.3 Å². The summed E-state index contributed by atoms with van der Waals surface area (Å²) in [4.78, 5) is 4.12. The van der Waals surface area contributed by atoms with Crippen LogP contribution in [0.3, 0.4) is 0 Å². The maximum Gasteiger partial charge on any atom is 0.240 e. The summed E-state index contributed by atoms with van der Waals surface area (Å²) < 4.78 is 6.59. The molecule has 6 nitrogen and oxygen atoms in total. The van der Waals surface area contributed by atoms with E-state index in [0.29, 0.717) is 6.61 Å². The SMILES string of the molecule is COCCNc1cccn2nc(N)nc12. The quantitative estimate of drug-likeness (QED) is 0.708. The number of anilines is 2. The Kier molecular flexibility index (Phi) is 2.68. The number of pyridine rings is 1. The topological polar surface area (TPSA) is 77.5 Å². The van der Waals surface area contributed by atoms with Gasteiger partial charge < -0.3 is 15.8 Å². The maximum absolute atomic E-state index is 5.52. The minimum Gasteiger partial charge on any atom is -0.383 e. The molecule has 2 heterocycles. The molecule has 2 rings (SSSR count). The zero-order valence-electron chi connectivity index (χ0n) is 8.47. The Balaban J connectivity index is 2.25. The Bertz CT molecular complexity index is 453. The number of nitrogens with zero attached hydrogens (tertiary/aromatic N) is 3. The van der Waals surface area contributed by atoms with E-state index in [2.05, 4.69) is 15.4 Å². The molecule has 0 aliphatic rings. The molecule has 3 N–H and O–H groups in total. The largest absolute Gasteiger partial charge is 0.383 e. The fraction of sp³-hybridized carbons (Fsp3) is 0.333. The average molecular weight is 207 g/mol. The smallest absolute Gasteiger partial charge is 0.240 e. The van der Waals surface area contributed by atoms with Crippen molar-refractivity contribution in [1.29, 1.82) is 0 Å². The highest BCUT2D eigenvalue weighted by Crippen LogP contribution is 2.14. The number of aromatic nitrogens is 3. The van der Waals surface area contributed by atoms with E-state index < -0.39 is 0 Å². The maximum atomic E-state index is 5.52. The minimum atomic E-state index is 0.274. The van der Waals surface area contributed by atoms with E-state index in [-0.39, 0.29) is 5.95 Å². The van der Waals surface area contributed by atoms with Crippen molar-refractivity contribution in [2.45, 2.75) is 0 Å². The fourth-order valence-corrected chi connectivity index (χ4v) is 1.35. The predicted molar refractivity (Wildman–Crippen MR) is 57.8 cm³/mol. The van der Waals surface area contributed by atoms with Gasteiger partial charge in [0.25, 0.3) is 0 Å². The highest BCUT2D eigenvalue weighted by Gasteiger charge is 2.04. The first-order valence-corrected chi connectivity index (χ1v) is 4.65. The first-order chi connectivity index (χ1) is 7.31. The lowest BCUT2D eigenvalue weighted by atomic mass is 10.4. The lowest BCUT2D eigenvalue weighted by Gasteiger charge is -2.05. The summed E-state index contributed by atoms with van der Waals surface area (Å²) in [6, 6.07) is 3.81. The minimum absolute atomic E-state index is 0.274. The molecule has 0 unspecified atom stereocenters. The molecule has 0 bridgehead atoms. The Hall–Kier alpha value is -1.82. The second kappa shape index (κ2) is 4.14. The van der Waals surface area contributed by atoms with Gasteiger partial charge in [-0.1, -0.05) is 0 Å². The molecule has 2 aromatic heterocycles. The molecule has 0 aliphatic heterocycles. The van der Waals surface area contributed by atoms with E-state index in [1.165, 1.54) is 0 Å². The molecule has 0 spiro atoms. The van der Waals surface area contributed by atoms with Crippen LogP contribution in [-0.4, -0.2) is 34.9 Å². The monoisotopic (exact) mass is 207 g/mol. The summed E-state index contributed by atoms with van der Waals surface area (Å²) in [5.74, 6) is 0.274. The van der Waals surface area contributed by atoms with E-state index in [1.54, 1.807) is 17.8 Å². The van der Waals surface area contributed by atoms with Crippen LogP contribution in [0.2, 0.25) is 0 Å². The molecule has 0 saturated heterocycles. The number of ether oxygens (including phenoxy) is 1. The van der Waals surface area contributed by atoms with Crippen molar-refractivity contribution in [3.8, 4) is 0 Å². The summed E-state index contributed by atoms with van der Waals surface area (Å²) in [7, 11) is 1.66. The van der Waals surface area contributed by atoms with Crippen LogP contribution in [0.1, 0.15) is 0 Å². The van der Waals surface area contributed by atoms with Crippen LogP contribution in [0, 0.1) is 0 Å². The highest BCUT2D eigenvalue weighted by atomic mass is 16.5. The van der Waals surface area contributed by atoms with Gasteiger partial charge in [-0.2, -0.15) is 4.98 Å². The molecule has 15 heavy (non-hydrogen) atoms. The molecular formula is C9H13N5O. The van der Waals surface area contributed by atoms with E-state index in [1.807, 2.05) is 12.1 Å². The van der Waals surface area contributed by atoms with Crippen molar-refractivity contribution in [2.24, 2.45) is 0 Å². The van der Waals surface area contributed by atoms with Crippen molar-refractivity contribution >= 4 is 17.3 Å². The zero-order valence-corrected chi connectivity index (χ0v) is 8.47. The number of fused-ring (bicyclic) bond motifs is 1. The molecule has 2 aromatic rings. The summed E-state index contributed by atoms with van der Waals surface area (Å²) in [5.41, 5.74) is 7.15. The van der Waals surface area contributed by atoms with Crippen LogP contribution in [0.5, 0.6) is 0 Å². The molecule has 0 radical (unpaired) electrons. The van der Waals surface area contributed by atoms with E-state index in [9.17, 15) is 0 Å². The lowest BCUT2D eigenvalue weighted by molar-refractivity contribution is 0.211. The van der Waals surface area contributed by atoms with Gasteiger partial charge in [-0.15, -0.1) is 5.10 Å². The number of hydrogen-bond acceptors (Lipinski definition) is 5. The number of rotatable bonds is 4. The molecule has 0 aliphatic carbocycles. The van der Waals surface area contributed by atoms with Gasteiger partial charge >= 0.3 is 0 Å². The van der Waals surface area contributed by atoms with E-state index in [0.717, 1.165) is 17.9 Å². The summed E-state index contributed by atoms with van der Waals surface area (Å²) in [6.45, 7) is 1.37. The molecule has 0 amide bonds. The molecule has 0 aromatic carbocycles. The number of methoxy groups -OCH3 is 1. The summed E-state index contributed by atoms with van der Waals surface area (Å²) in [6.07, 6.45) is 1.81. The van der Waals surface area contributed by atoms with Gasteiger partial charge in [0.05, 0.1) is 12.3 Å². The molecule has 0 fully saturated rings. The number of nitrogens with one attached hydrogen (secondary N) is 1. The second-order valence-corrected chi connectivity index (χ2v) is 3.08. The van der Waals surface area contributed by atoms with Gasteiger partial charge in [0.2, 0.25) is 5.95 Å². The Morgan fingerprint density at radius 1 is 1.60 bits per heavy atom. The van der Waals surface area contributed by atoms with Gasteiger partial charge in [0.15, 0.2) is 5.65 Å². The van der Waals surface area contributed by atoms with Crippen molar-refractivity contribution in [1.82, 2.24) is 14.6 Å². The van der Waals surface area contributed by atoms with Gasteiger partial charge in [0.1, 0.15) is 0 Å². The predicted octanol–water partition coefficient (Wildman–Crippen LogP) is 0.370. The normalized spacial score (nSPS) is 10.7. The van der Waals surface area contributed by atoms with Crippen molar-refractivity contribution in [3.63, 3.8) is 0 Å². The third-order valence-electron chi connectivity index (χ3n) is 2.00. The van der Waals surface area contributed by atoms with Crippen molar-refractivity contribution in [3.05, 3.63) is 18.3 Å². The number of hydrogen-bond donors (Lipinski definition) is 2. The number of nitrogens with two attached hydrogens (primary N) is 1. The van der Waals surface area contributed by atoms with E-state index >= 15 is 0 Å². The van der Waals surface area contributed by atoms with Gasteiger partial charge in [-0.3, -0.25) is 0 Å². The van der Waals surface area contributed by atoms with Crippen molar-refractivity contribution < 1.29 is 4.74 Å². The van der Waals surface area contributed by atoms with Crippen LogP contribution >= 0.6 is 0 Å². The molecular weight excluding hydrogens is 194 g/mol. The first-order valence-electron chi connectivity index (χ1n) is 4.65.